The van der Waals surface area contributed by atoms with Crippen molar-refractivity contribution in [1.29, 1.82) is 0 Å². The van der Waals surface area contributed by atoms with Gasteiger partial charge in [0.25, 0.3) is 5.91 Å². The molecule has 1 atom stereocenters. The lowest BCUT2D eigenvalue weighted by Crippen LogP contribution is -2.46. The molecule has 0 aliphatic carbocycles. The predicted molar refractivity (Wildman–Crippen MR) is 111 cm³/mol. The van der Waals surface area contributed by atoms with Crippen molar-refractivity contribution in [1.82, 2.24) is 9.80 Å². The van der Waals surface area contributed by atoms with E-state index in [4.69, 9.17) is 9.47 Å². The molecule has 0 aromatic heterocycles. The van der Waals surface area contributed by atoms with E-state index in [1.54, 1.807) is 75.4 Å². The Kier molecular flexibility index (Phi) is 6.39. The first kappa shape index (κ1) is 22.0. The van der Waals surface area contributed by atoms with Gasteiger partial charge in [-0.15, -0.1) is 0 Å². The molecule has 31 heavy (non-hydrogen) atoms. The normalized spacial score (nSPS) is 16.2. The number of benzene rings is 2. The van der Waals surface area contributed by atoms with E-state index in [1.807, 2.05) is 6.07 Å². The molecular formula is C23H24N2O6. The summed E-state index contributed by atoms with van der Waals surface area (Å²) in [6, 6.07) is 14.8. The first-order chi connectivity index (χ1) is 14.7. The largest absolute Gasteiger partial charge is 0.458 e. The molecule has 1 aliphatic heterocycles. The zero-order valence-corrected chi connectivity index (χ0v) is 17.6. The van der Waals surface area contributed by atoms with Crippen LogP contribution in [0.25, 0.3) is 0 Å². The number of ether oxygens (including phenoxy) is 2. The molecule has 162 valence electrons. The number of hydrogen-bond donors (Lipinski definition) is 0. The van der Waals surface area contributed by atoms with Crippen molar-refractivity contribution in [2.45, 2.75) is 39.0 Å². The lowest BCUT2D eigenvalue weighted by atomic mass is 10.2. The molecular weight excluding hydrogens is 400 g/mol. The molecule has 3 rings (SSSR count). The van der Waals surface area contributed by atoms with Crippen molar-refractivity contribution in [3.63, 3.8) is 0 Å². The minimum Gasteiger partial charge on any atom is -0.458 e. The van der Waals surface area contributed by atoms with Gasteiger partial charge in [0.1, 0.15) is 12.2 Å². The number of amides is 4. The van der Waals surface area contributed by atoms with Crippen LogP contribution in [0, 0.1) is 0 Å². The van der Waals surface area contributed by atoms with E-state index in [1.165, 1.54) is 0 Å². The number of esters is 1. The second-order valence-corrected chi connectivity index (χ2v) is 8.02. The molecule has 8 heteroatoms. The summed E-state index contributed by atoms with van der Waals surface area (Å²) in [7, 11) is 0. The van der Waals surface area contributed by atoms with E-state index in [0.717, 1.165) is 4.90 Å². The summed E-state index contributed by atoms with van der Waals surface area (Å²) in [6.45, 7) is 4.62. The van der Waals surface area contributed by atoms with Crippen molar-refractivity contribution in [3.8, 4) is 0 Å². The Bertz CT molecular complexity index is 969. The lowest BCUT2D eigenvalue weighted by molar-refractivity contribution is -0.159. The van der Waals surface area contributed by atoms with Crippen LogP contribution < -0.4 is 0 Å². The maximum atomic E-state index is 13.0. The van der Waals surface area contributed by atoms with Gasteiger partial charge in [0.2, 0.25) is 0 Å². The maximum Gasteiger partial charge on any atom is 0.419 e. The van der Waals surface area contributed by atoms with Crippen LogP contribution >= 0.6 is 0 Å². The first-order valence-electron chi connectivity index (χ1n) is 9.81. The summed E-state index contributed by atoms with van der Waals surface area (Å²) >= 11 is 0. The van der Waals surface area contributed by atoms with E-state index < -0.39 is 35.6 Å². The highest BCUT2D eigenvalue weighted by atomic mass is 16.6. The third-order valence-electron chi connectivity index (χ3n) is 4.45. The van der Waals surface area contributed by atoms with E-state index in [2.05, 4.69) is 0 Å². The molecule has 0 unspecified atom stereocenters. The minimum absolute atomic E-state index is 0.0862. The Morgan fingerprint density at radius 1 is 0.968 bits per heavy atom. The van der Waals surface area contributed by atoms with E-state index >= 15 is 0 Å². The Morgan fingerprint density at radius 3 is 2.13 bits per heavy atom. The van der Waals surface area contributed by atoms with Gasteiger partial charge < -0.3 is 9.47 Å². The Hall–Kier alpha value is -3.68. The summed E-state index contributed by atoms with van der Waals surface area (Å²) in [6.07, 6.45) is -1.02. The van der Waals surface area contributed by atoms with Gasteiger partial charge >= 0.3 is 18.1 Å². The van der Waals surface area contributed by atoms with Crippen LogP contribution in [0.4, 0.5) is 9.59 Å². The Balaban J connectivity index is 1.83. The second-order valence-electron chi connectivity index (χ2n) is 8.02. The number of carbonyl (C=O) groups is 4. The SMILES string of the molecule is CC(C)(C)OC(=O)[C@@H]1CN(C(=O)c2ccccc2)C(=O)N1C(=O)OCc1ccccc1. The van der Waals surface area contributed by atoms with Crippen molar-refractivity contribution < 1.29 is 28.7 Å². The number of carbonyl (C=O) groups excluding carboxylic acids is 4. The van der Waals surface area contributed by atoms with Crippen LogP contribution in [0.2, 0.25) is 0 Å². The van der Waals surface area contributed by atoms with Gasteiger partial charge in [0.05, 0.1) is 6.54 Å². The van der Waals surface area contributed by atoms with E-state index in [9.17, 15) is 19.2 Å². The molecule has 0 spiro atoms. The monoisotopic (exact) mass is 424 g/mol. The van der Waals surface area contributed by atoms with Crippen LogP contribution in [-0.4, -0.2) is 52.0 Å². The molecule has 2 aromatic rings. The van der Waals surface area contributed by atoms with Gasteiger partial charge in [-0.3, -0.25) is 9.69 Å². The minimum atomic E-state index is -1.30. The van der Waals surface area contributed by atoms with Crippen molar-refractivity contribution in [2.75, 3.05) is 6.54 Å². The number of imide groups is 2. The molecule has 1 heterocycles. The van der Waals surface area contributed by atoms with Gasteiger partial charge in [-0.1, -0.05) is 48.5 Å². The Morgan fingerprint density at radius 2 is 1.55 bits per heavy atom. The fourth-order valence-corrected chi connectivity index (χ4v) is 3.05. The second kappa shape index (κ2) is 8.99. The maximum absolute atomic E-state index is 13.0. The zero-order valence-electron chi connectivity index (χ0n) is 17.6. The fraction of sp³-hybridized carbons (Fsp3) is 0.304. The molecule has 0 N–H and O–H groups in total. The molecule has 0 radical (unpaired) electrons. The van der Waals surface area contributed by atoms with Crippen LogP contribution in [0.5, 0.6) is 0 Å². The smallest absolute Gasteiger partial charge is 0.419 e. The summed E-state index contributed by atoms with van der Waals surface area (Å²) in [5.74, 6) is -1.40. The van der Waals surface area contributed by atoms with Gasteiger partial charge in [-0.2, -0.15) is 0 Å². The quantitative estimate of drug-likeness (QED) is 0.696. The topological polar surface area (TPSA) is 93.2 Å². The summed E-state index contributed by atoms with van der Waals surface area (Å²) in [4.78, 5) is 52.8. The fourth-order valence-electron chi connectivity index (χ4n) is 3.05. The lowest BCUT2D eigenvalue weighted by Gasteiger charge is -2.24. The molecule has 0 saturated carbocycles. The predicted octanol–water partition coefficient (Wildman–Crippen LogP) is 3.61. The molecule has 1 saturated heterocycles. The Labute approximate surface area is 180 Å². The average Bonchev–Trinajstić information content (AvgIpc) is 3.09. The molecule has 2 aromatic carbocycles. The molecule has 1 aliphatic rings. The average molecular weight is 424 g/mol. The number of urea groups is 1. The number of rotatable bonds is 4. The first-order valence-corrected chi connectivity index (χ1v) is 9.81. The van der Waals surface area contributed by atoms with Gasteiger partial charge in [-0.05, 0) is 38.5 Å². The van der Waals surface area contributed by atoms with Gasteiger partial charge in [0.15, 0.2) is 6.04 Å². The van der Waals surface area contributed by atoms with E-state index in [-0.39, 0.29) is 18.7 Å². The van der Waals surface area contributed by atoms with Crippen molar-refractivity contribution in [3.05, 3.63) is 71.8 Å². The van der Waals surface area contributed by atoms with Crippen LogP contribution in [0.1, 0.15) is 36.7 Å². The third kappa shape index (κ3) is 5.28. The molecule has 8 nitrogen and oxygen atoms in total. The number of nitrogens with zero attached hydrogens (tertiary/aromatic N) is 2. The molecule has 1 fully saturated rings. The zero-order chi connectivity index (χ0) is 22.6. The third-order valence-corrected chi connectivity index (χ3v) is 4.45. The van der Waals surface area contributed by atoms with Crippen LogP contribution in [-0.2, 0) is 20.9 Å². The highest BCUT2D eigenvalue weighted by molar-refractivity contribution is 6.10. The van der Waals surface area contributed by atoms with Crippen LogP contribution in [0.15, 0.2) is 60.7 Å². The highest BCUT2D eigenvalue weighted by Crippen LogP contribution is 2.23. The van der Waals surface area contributed by atoms with Gasteiger partial charge in [-0.25, -0.2) is 19.3 Å². The standard InChI is InChI=1S/C23H24N2O6/c1-23(2,3)31-20(27)18-14-24(19(26)17-12-8-5-9-13-17)21(28)25(18)22(29)30-15-16-10-6-4-7-11-16/h4-13,18H,14-15H2,1-3H3/t18-/m0/s1. The van der Waals surface area contributed by atoms with Gasteiger partial charge in [0, 0.05) is 5.56 Å². The summed E-state index contributed by atoms with van der Waals surface area (Å²) in [5.41, 5.74) is 0.142. The van der Waals surface area contributed by atoms with E-state index in [0.29, 0.717) is 10.5 Å². The molecule has 0 bridgehead atoms. The summed E-state index contributed by atoms with van der Waals surface area (Å²) < 4.78 is 10.6. The van der Waals surface area contributed by atoms with Crippen molar-refractivity contribution >= 4 is 24.0 Å². The van der Waals surface area contributed by atoms with Crippen LogP contribution in [0.3, 0.4) is 0 Å². The molecule has 4 amide bonds. The number of hydrogen-bond acceptors (Lipinski definition) is 6. The highest BCUT2D eigenvalue weighted by Gasteiger charge is 2.50. The summed E-state index contributed by atoms with van der Waals surface area (Å²) in [5, 5.41) is 0. The van der Waals surface area contributed by atoms with Crippen molar-refractivity contribution in [2.24, 2.45) is 0 Å².